The number of rotatable bonds is 2. The van der Waals surface area contributed by atoms with Crippen molar-refractivity contribution in [1.29, 1.82) is 0 Å². The SMILES string of the molecule is CC(c1ccc2[nH]c(=O)sc2c1)c1ccn[nH]1. The molecule has 0 aliphatic heterocycles. The lowest BCUT2D eigenvalue weighted by Crippen LogP contribution is -1.96. The van der Waals surface area contributed by atoms with Crippen LogP contribution in [0.1, 0.15) is 24.1 Å². The van der Waals surface area contributed by atoms with Crippen LogP contribution < -0.4 is 4.87 Å². The van der Waals surface area contributed by atoms with Crippen LogP contribution in [0.3, 0.4) is 0 Å². The van der Waals surface area contributed by atoms with E-state index in [1.54, 1.807) is 6.20 Å². The number of aromatic amines is 2. The molecule has 0 aliphatic rings. The van der Waals surface area contributed by atoms with Gasteiger partial charge >= 0.3 is 4.87 Å². The number of benzene rings is 1. The lowest BCUT2D eigenvalue weighted by atomic mass is 9.98. The van der Waals surface area contributed by atoms with Crippen LogP contribution in [-0.4, -0.2) is 15.2 Å². The Morgan fingerprint density at radius 2 is 2.24 bits per heavy atom. The molecule has 3 rings (SSSR count). The minimum Gasteiger partial charge on any atom is -0.312 e. The van der Waals surface area contributed by atoms with Crippen LogP contribution in [0.5, 0.6) is 0 Å². The standard InChI is InChI=1S/C12H11N3OS/c1-7(9-4-5-13-15-9)8-2-3-10-11(6-8)17-12(16)14-10/h2-7H,1H3,(H,13,15)(H,14,16). The summed E-state index contributed by atoms with van der Waals surface area (Å²) in [5.74, 6) is 0.249. The molecule has 0 spiro atoms. The summed E-state index contributed by atoms with van der Waals surface area (Å²) in [6, 6.07) is 8.02. The fourth-order valence-electron chi connectivity index (χ4n) is 1.92. The Morgan fingerprint density at radius 3 is 3.00 bits per heavy atom. The summed E-state index contributed by atoms with van der Waals surface area (Å²) in [6.07, 6.45) is 1.75. The van der Waals surface area contributed by atoms with E-state index in [2.05, 4.69) is 28.2 Å². The van der Waals surface area contributed by atoms with Crippen LogP contribution in [0.4, 0.5) is 0 Å². The molecule has 2 heterocycles. The normalized spacial score (nSPS) is 13.0. The molecule has 0 radical (unpaired) electrons. The number of thiazole rings is 1. The van der Waals surface area contributed by atoms with Gasteiger partial charge in [0.15, 0.2) is 0 Å². The Kier molecular flexibility index (Phi) is 2.33. The summed E-state index contributed by atoms with van der Waals surface area (Å²) in [7, 11) is 0. The van der Waals surface area contributed by atoms with Crippen molar-refractivity contribution in [3.63, 3.8) is 0 Å². The van der Waals surface area contributed by atoms with E-state index in [1.807, 2.05) is 18.2 Å². The van der Waals surface area contributed by atoms with Gasteiger partial charge in [0.2, 0.25) is 0 Å². The second-order valence-corrected chi connectivity index (χ2v) is 5.02. The number of hydrogen-bond donors (Lipinski definition) is 2. The number of aromatic nitrogens is 3. The summed E-state index contributed by atoms with van der Waals surface area (Å²) >= 11 is 1.24. The molecule has 0 saturated heterocycles. The maximum atomic E-state index is 11.2. The van der Waals surface area contributed by atoms with Gasteiger partial charge < -0.3 is 4.98 Å². The molecule has 0 aliphatic carbocycles. The smallest absolute Gasteiger partial charge is 0.305 e. The van der Waals surface area contributed by atoms with E-state index in [-0.39, 0.29) is 10.8 Å². The largest absolute Gasteiger partial charge is 0.312 e. The third-order valence-electron chi connectivity index (χ3n) is 2.93. The van der Waals surface area contributed by atoms with Gasteiger partial charge in [-0.2, -0.15) is 5.10 Å². The minimum absolute atomic E-state index is 0.00802. The molecule has 5 heteroatoms. The van der Waals surface area contributed by atoms with Crippen molar-refractivity contribution in [3.05, 3.63) is 51.4 Å². The Morgan fingerprint density at radius 1 is 1.35 bits per heavy atom. The van der Waals surface area contributed by atoms with Crippen LogP contribution in [-0.2, 0) is 0 Å². The van der Waals surface area contributed by atoms with E-state index in [4.69, 9.17) is 0 Å². The Balaban J connectivity index is 2.08. The van der Waals surface area contributed by atoms with Gasteiger partial charge in [-0.1, -0.05) is 24.3 Å². The van der Waals surface area contributed by atoms with Gasteiger partial charge in [0.05, 0.1) is 10.2 Å². The van der Waals surface area contributed by atoms with Gasteiger partial charge in [-0.15, -0.1) is 0 Å². The molecule has 0 bridgehead atoms. The summed E-state index contributed by atoms with van der Waals surface area (Å²) in [5, 5.41) is 6.93. The van der Waals surface area contributed by atoms with Gasteiger partial charge in [-0.3, -0.25) is 9.89 Å². The molecular weight excluding hydrogens is 234 g/mol. The molecule has 0 amide bonds. The van der Waals surface area contributed by atoms with Crippen molar-refractivity contribution >= 4 is 21.6 Å². The van der Waals surface area contributed by atoms with Crippen LogP contribution in [0, 0.1) is 0 Å². The summed E-state index contributed by atoms with van der Waals surface area (Å²) in [6.45, 7) is 2.12. The number of nitrogens with zero attached hydrogens (tertiary/aromatic N) is 1. The summed E-state index contributed by atoms with van der Waals surface area (Å²) < 4.78 is 0.999. The molecule has 2 aromatic heterocycles. The monoisotopic (exact) mass is 245 g/mol. The predicted octanol–water partition coefficient (Wildman–Crippen LogP) is 2.46. The Bertz CT molecular complexity index is 696. The highest BCUT2D eigenvalue weighted by molar-refractivity contribution is 7.16. The number of hydrogen-bond acceptors (Lipinski definition) is 3. The first-order chi connectivity index (χ1) is 8.24. The average Bonchev–Trinajstić information content (AvgIpc) is 2.94. The second-order valence-electron chi connectivity index (χ2n) is 4.00. The van der Waals surface area contributed by atoms with E-state index in [1.165, 1.54) is 16.9 Å². The van der Waals surface area contributed by atoms with Crippen LogP contribution in [0.2, 0.25) is 0 Å². The zero-order chi connectivity index (χ0) is 11.8. The van der Waals surface area contributed by atoms with E-state index in [0.717, 1.165) is 15.9 Å². The topological polar surface area (TPSA) is 61.5 Å². The molecule has 1 aromatic carbocycles. The van der Waals surface area contributed by atoms with Crippen LogP contribution in [0.15, 0.2) is 35.3 Å². The van der Waals surface area contributed by atoms with Gasteiger partial charge in [-0.25, -0.2) is 0 Å². The van der Waals surface area contributed by atoms with Crippen molar-refractivity contribution in [3.8, 4) is 0 Å². The van der Waals surface area contributed by atoms with Gasteiger partial charge in [0, 0.05) is 17.8 Å². The zero-order valence-electron chi connectivity index (χ0n) is 9.23. The summed E-state index contributed by atoms with van der Waals surface area (Å²) in [4.78, 5) is 14.0. The van der Waals surface area contributed by atoms with Crippen molar-refractivity contribution in [2.24, 2.45) is 0 Å². The molecule has 17 heavy (non-hydrogen) atoms. The quantitative estimate of drug-likeness (QED) is 0.728. The van der Waals surface area contributed by atoms with Gasteiger partial charge in [-0.05, 0) is 23.8 Å². The lowest BCUT2D eigenvalue weighted by Gasteiger charge is -2.09. The fourth-order valence-corrected chi connectivity index (χ4v) is 2.70. The molecule has 2 N–H and O–H groups in total. The first kappa shape index (κ1) is 10.3. The minimum atomic E-state index is -0.00802. The highest BCUT2D eigenvalue weighted by Gasteiger charge is 2.10. The second kappa shape index (κ2) is 3.85. The van der Waals surface area contributed by atoms with Crippen molar-refractivity contribution < 1.29 is 0 Å². The van der Waals surface area contributed by atoms with Crippen molar-refractivity contribution in [1.82, 2.24) is 15.2 Å². The summed E-state index contributed by atoms with van der Waals surface area (Å²) in [5.41, 5.74) is 3.16. The molecule has 0 saturated carbocycles. The number of H-pyrrole nitrogens is 2. The van der Waals surface area contributed by atoms with Gasteiger partial charge in [0.25, 0.3) is 0 Å². The number of fused-ring (bicyclic) bond motifs is 1. The average molecular weight is 245 g/mol. The van der Waals surface area contributed by atoms with E-state index >= 15 is 0 Å². The van der Waals surface area contributed by atoms with E-state index < -0.39 is 0 Å². The fraction of sp³-hybridized carbons (Fsp3) is 0.167. The molecular formula is C12H11N3OS. The molecule has 1 atom stereocenters. The highest BCUT2D eigenvalue weighted by atomic mass is 32.1. The lowest BCUT2D eigenvalue weighted by molar-refractivity contribution is 0.855. The molecule has 86 valence electrons. The Labute approximate surface area is 101 Å². The first-order valence-corrected chi connectivity index (χ1v) is 6.18. The van der Waals surface area contributed by atoms with E-state index in [0.29, 0.717) is 0 Å². The van der Waals surface area contributed by atoms with Crippen molar-refractivity contribution in [2.45, 2.75) is 12.8 Å². The first-order valence-electron chi connectivity index (χ1n) is 5.36. The van der Waals surface area contributed by atoms with Crippen molar-refractivity contribution in [2.75, 3.05) is 0 Å². The molecule has 4 nitrogen and oxygen atoms in total. The van der Waals surface area contributed by atoms with Crippen LogP contribution >= 0.6 is 11.3 Å². The third kappa shape index (κ3) is 1.78. The third-order valence-corrected chi connectivity index (χ3v) is 3.78. The molecule has 3 aromatic rings. The van der Waals surface area contributed by atoms with E-state index in [9.17, 15) is 4.79 Å². The van der Waals surface area contributed by atoms with Gasteiger partial charge in [0.1, 0.15) is 0 Å². The molecule has 1 unspecified atom stereocenters. The highest BCUT2D eigenvalue weighted by Crippen LogP contribution is 2.25. The zero-order valence-corrected chi connectivity index (χ0v) is 10.0. The maximum absolute atomic E-state index is 11.2. The maximum Gasteiger partial charge on any atom is 0.305 e. The predicted molar refractivity (Wildman–Crippen MR) is 68.6 cm³/mol. The number of nitrogens with one attached hydrogen (secondary N) is 2. The van der Waals surface area contributed by atoms with Crippen LogP contribution in [0.25, 0.3) is 10.2 Å². The Hall–Kier alpha value is -1.88. The molecule has 0 fully saturated rings.